The fraction of sp³-hybridized carbons (Fsp3) is 0.462. The quantitative estimate of drug-likeness (QED) is 0.369. The van der Waals surface area contributed by atoms with Crippen LogP contribution in [-0.4, -0.2) is 69.9 Å². The summed E-state index contributed by atoms with van der Waals surface area (Å²) in [4.78, 5) is 49.3. The lowest BCUT2D eigenvalue weighted by molar-refractivity contribution is -0.129. The van der Waals surface area contributed by atoms with Crippen LogP contribution >= 0.6 is 23.1 Å². The molecule has 1 fully saturated rings. The van der Waals surface area contributed by atoms with Crippen molar-refractivity contribution in [3.8, 4) is 5.69 Å². The standard InChI is InChI=1S/C26H30N4O4S2/c1-3-34-26(33)29-14-12-28(13-15-29)21(31)16-35-25-27-23-22(18-9-5-7-11-20(18)36-23)24(32)30(25)19-10-6-4-8-17(19)2/h4,6,8,10H,3,5,7,9,11-16H2,1-2H3. The minimum Gasteiger partial charge on any atom is -0.450 e. The number of hydrogen-bond acceptors (Lipinski definition) is 7. The molecule has 2 aromatic heterocycles. The number of aromatic nitrogens is 2. The lowest BCUT2D eigenvalue weighted by atomic mass is 9.97. The lowest BCUT2D eigenvalue weighted by Gasteiger charge is -2.34. The number of fused-ring (bicyclic) bond motifs is 3. The van der Waals surface area contributed by atoms with Gasteiger partial charge in [0.25, 0.3) is 5.56 Å². The Balaban J connectivity index is 1.42. The van der Waals surface area contributed by atoms with Gasteiger partial charge in [-0.3, -0.25) is 14.2 Å². The number of para-hydroxylation sites is 1. The van der Waals surface area contributed by atoms with E-state index in [2.05, 4.69) is 0 Å². The van der Waals surface area contributed by atoms with Gasteiger partial charge in [0.05, 0.1) is 23.4 Å². The van der Waals surface area contributed by atoms with Crippen molar-refractivity contribution >= 4 is 45.3 Å². The van der Waals surface area contributed by atoms with Gasteiger partial charge in [0.1, 0.15) is 4.83 Å². The second-order valence-corrected chi connectivity index (χ2v) is 11.1. The van der Waals surface area contributed by atoms with Gasteiger partial charge < -0.3 is 14.5 Å². The third-order valence-corrected chi connectivity index (χ3v) is 8.91. The number of ether oxygens (including phenoxy) is 1. The minimum atomic E-state index is -0.336. The van der Waals surface area contributed by atoms with Gasteiger partial charge in [-0.1, -0.05) is 30.0 Å². The number of thioether (sulfide) groups is 1. The summed E-state index contributed by atoms with van der Waals surface area (Å²) in [7, 11) is 0. The molecule has 0 N–H and O–H groups in total. The molecule has 0 radical (unpaired) electrons. The molecular weight excluding hydrogens is 496 g/mol. The Kier molecular flexibility index (Phi) is 7.34. The van der Waals surface area contributed by atoms with Crippen molar-refractivity contribution in [1.82, 2.24) is 19.4 Å². The molecule has 0 saturated carbocycles. The molecule has 8 nitrogen and oxygen atoms in total. The second kappa shape index (κ2) is 10.6. The van der Waals surface area contributed by atoms with E-state index in [1.807, 2.05) is 31.2 Å². The van der Waals surface area contributed by atoms with Crippen LogP contribution in [0, 0.1) is 6.92 Å². The number of benzene rings is 1. The molecule has 0 bridgehead atoms. The number of carbonyl (C=O) groups is 2. The van der Waals surface area contributed by atoms with E-state index in [0.29, 0.717) is 37.9 Å². The molecule has 1 aliphatic heterocycles. The molecule has 190 valence electrons. The average molecular weight is 527 g/mol. The highest BCUT2D eigenvalue weighted by Gasteiger charge is 2.27. The number of piperazine rings is 1. The van der Waals surface area contributed by atoms with Crippen LogP contribution in [0.4, 0.5) is 4.79 Å². The Morgan fingerprint density at radius 1 is 1.08 bits per heavy atom. The largest absolute Gasteiger partial charge is 0.450 e. The van der Waals surface area contributed by atoms with Crippen molar-refractivity contribution in [3.63, 3.8) is 0 Å². The van der Waals surface area contributed by atoms with Crippen molar-refractivity contribution in [2.75, 3.05) is 38.5 Å². The molecule has 0 unspecified atom stereocenters. The predicted octanol–water partition coefficient (Wildman–Crippen LogP) is 4.03. The number of thiophene rings is 1. The first-order chi connectivity index (χ1) is 17.5. The van der Waals surface area contributed by atoms with Gasteiger partial charge in [-0.2, -0.15) is 0 Å². The van der Waals surface area contributed by atoms with E-state index in [9.17, 15) is 14.4 Å². The molecule has 1 aromatic carbocycles. The fourth-order valence-electron chi connectivity index (χ4n) is 4.88. The highest BCUT2D eigenvalue weighted by molar-refractivity contribution is 7.99. The number of rotatable bonds is 5. The highest BCUT2D eigenvalue weighted by atomic mass is 32.2. The molecule has 5 rings (SSSR count). The maximum absolute atomic E-state index is 13.9. The van der Waals surface area contributed by atoms with Crippen molar-refractivity contribution in [1.29, 1.82) is 0 Å². The van der Waals surface area contributed by atoms with Gasteiger partial charge in [-0.05, 0) is 56.7 Å². The zero-order valence-corrected chi connectivity index (χ0v) is 22.3. The fourth-order valence-corrected chi connectivity index (χ4v) is 7.09. The lowest BCUT2D eigenvalue weighted by Crippen LogP contribution is -2.51. The number of nitrogens with zero attached hydrogens (tertiary/aromatic N) is 4. The molecule has 2 amide bonds. The maximum atomic E-state index is 13.9. The van der Waals surface area contributed by atoms with Crippen molar-refractivity contribution in [2.45, 2.75) is 44.7 Å². The second-order valence-electron chi connectivity index (χ2n) is 9.07. The van der Waals surface area contributed by atoms with Crippen molar-refractivity contribution < 1.29 is 14.3 Å². The van der Waals surface area contributed by atoms with Crippen LogP contribution in [0.15, 0.2) is 34.2 Å². The Morgan fingerprint density at radius 3 is 2.56 bits per heavy atom. The minimum absolute atomic E-state index is 0.0281. The van der Waals surface area contributed by atoms with Gasteiger partial charge >= 0.3 is 6.09 Å². The normalized spacial score (nSPS) is 15.7. The summed E-state index contributed by atoms with van der Waals surface area (Å²) in [5, 5.41) is 1.28. The van der Waals surface area contributed by atoms with Crippen molar-refractivity contribution in [3.05, 3.63) is 50.6 Å². The highest BCUT2D eigenvalue weighted by Crippen LogP contribution is 2.35. The topological polar surface area (TPSA) is 84.7 Å². The molecular formula is C26H30N4O4S2. The van der Waals surface area contributed by atoms with E-state index in [1.165, 1.54) is 16.6 Å². The summed E-state index contributed by atoms with van der Waals surface area (Å²) in [6.07, 6.45) is 3.82. The van der Waals surface area contributed by atoms with E-state index in [0.717, 1.165) is 52.7 Å². The summed E-state index contributed by atoms with van der Waals surface area (Å²) >= 11 is 2.93. The number of amides is 2. The number of aryl methyl sites for hydroxylation is 3. The Labute approximate surface area is 218 Å². The first-order valence-electron chi connectivity index (χ1n) is 12.4. The molecule has 36 heavy (non-hydrogen) atoms. The number of hydrogen-bond donors (Lipinski definition) is 0. The van der Waals surface area contributed by atoms with Gasteiger partial charge in [-0.15, -0.1) is 11.3 Å². The van der Waals surface area contributed by atoms with Crippen LogP contribution in [0.25, 0.3) is 15.9 Å². The first-order valence-corrected chi connectivity index (χ1v) is 14.2. The monoisotopic (exact) mass is 526 g/mol. The SMILES string of the molecule is CCOC(=O)N1CCN(C(=O)CSc2nc3sc4c(c3c(=O)n2-c2ccccc2C)CCCC4)CC1. The van der Waals surface area contributed by atoms with Crippen LogP contribution in [0.2, 0.25) is 0 Å². The van der Waals surface area contributed by atoms with Crippen LogP contribution in [0.1, 0.15) is 35.8 Å². The summed E-state index contributed by atoms with van der Waals surface area (Å²) in [6, 6.07) is 7.79. The van der Waals surface area contributed by atoms with Gasteiger partial charge in [-0.25, -0.2) is 9.78 Å². The van der Waals surface area contributed by atoms with E-state index < -0.39 is 0 Å². The first kappa shape index (κ1) is 24.8. The summed E-state index contributed by atoms with van der Waals surface area (Å²) < 4.78 is 6.75. The van der Waals surface area contributed by atoms with Crippen LogP contribution < -0.4 is 5.56 Å². The Morgan fingerprint density at radius 2 is 1.81 bits per heavy atom. The number of carbonyl (C=O) groups excluding carboxylic acids is 2. The Bertz CT molecular complexity index is 1360. The zero-order chi connectivity index (χ0) is 25.2. The molecule has 1 saturated heterocycles. The predicted molar refractivity (Wildman–Crippen MR) is 142 cm³/mol. The molecule has 2 aliphatic rings. The van der Waals surface area contributed by atoms with Crippen molar-refractivity contribution in [2.24, 2.45) is 0 Å². The molecule has 1 aliphatic carbocycles. The molecule has 0 spiro atoms. The maximum Gasteiger partial charge on any atom is 0.409 e. The molecule has 3 aromatic rings. The van der Waals surface area contributed by atoms with Crippen LogP contribution in [0.5, 0.6) is 0 Å². The third kappa shape index (κ3) is 4.76. The average Bonchev–Trinajstić information content (AvgIpc) is 3.27. The van der Waals surface area contributed by atoms with E-state index >= 15 is 0 Å². The summed E-state index contributed by atoms with van der Waals surface area (Å²) in [5.41, 5.74) is 2.89. The van der Waals surface area contributed by atoms with Gasteiger partial charge in [0.15, 0.2) is 5.16 Å². The van der Waals surface area contributed by atoms with E-state index in [-0.39, 0.29) is 23.3 Å². The zero-order valence-electron chi connectivity index (χ0n) is 20.6. The molecule has 10 heteroatoms. The Hall–Kier alpha value is -2.85. The molecule has 3 heterocycles. The van der Waals surface area contributed by atoms with E-state index in [1.54, 1.807) is 32.6 Å². The summed E-state index contributed by atoms with van der Waals surface area (Å²) in [6.45, 7) is 5.93. The van der Waals surface area contributed by atoms with Gasteiger partial charge in [0, 0.05) is 31.1 Å². The summed E-state index contributed by atoms with van der Waals surface area (Å²) in [5.74, 6) is 0.147. The van der Waals surface area contributed by atoms with E-state index in [4.69, 9.17) is 9.72 Å². The smallest absolute Gasteiger partial charge is 0.409 e. The van der Waals surface area contributed by atoms with Crippen LogP contribution in [-0.2, 0) is 22.4 Å². The third-order valence-electron chi connectivity index (χ3n) is 6.80. The van der Waals surface area contributed by atoms with Gasteiger partial charge in [0.2, 0.25) is 5.91 Å². The molecule has 0 atom stereocenters. The van der Waals surface area contributed by atoms with Crippen LogP contribution in [0.3, 0.4) is 0 Å².